The van der Waals surface area contributed by atoms with Crippen LogP contribution in [0.3, 0.4) is 0 Å². The van der Waals surface area contributed by atoms with Gasteiger partial charge in [0.2, 0.25) is 6.79 Å². The Morgan fingerprint density at radius 1 is 1.00 bits per heavy atom. The van der Waals surface area contributed by atoms with Gasteiger partial charge in [0.15, 0.2) is 17.3 Å². The largest absolute Gasteiger partial charge is 0.508 e. The third kappa shape index (κ3) is 3.80. The molecule has 2 aliphatic rings. The Kier molecular flexibility index (Phi) is 4.86. The van der Waals surface area contributed by atoms with Crippen molar-refractivity contribution < 1.29 is 19.1 Å². The van der Waals surface area contributed by atoms with Gasteiger partial charge in [-0.2, -0.15) is 0 Å². The number of hydrogen-bond donors (Lipinski definition) is 1. The molecule has 0 amide bonds. The Morgan fingerprint density at radius 2 is 1.93 bits per heavy atom. The van der Waals surface area contributed by atoms with Crippen molar-refractivity contribution in [2.45, 2.75) is 38.3 Å². The van der Waals surface area contributed by atoms with Crippen molar-refractivity contribution in [2.75, 3.05) is 13.3 Å². The van der Waals surface area contributed by atoms with Gasteiger partial charge >= 0.3 is 0 Å². The zero-order chi connectivity index (χ0) is 19.6. The summed E-state index contributed by atoms with van der Waals surface area (Å²) in [6, 6.07) is 15.5. The van der Waals surface area contributed by atoms with Crippen LogP contribution >= 0.6 is 0 Å². The second-order valence-electron chi connectivity index (χ2n) is 7.69. The van der Waals surface area contributed by atoms with E-state index in [4.69, 9.17) is 14.0 Å². The molecule has 0 aliphatic carbocycles. The number of phenolic OH excluding ortho intramolecular Hbond substituents is 1. The molecule has 6 nitrogen and oxygen atoms in total. The third-order valence-electron chi connectivity index (χ3n) is 5.69. The van der Waals surface area contributed by atoms with E-state index < -0.39 is 0 Å². The fourth-order valence-corrected chi connectivity index (χ4v) is 4.21. The van der Waals surface area contributed by atoms with E-state index in [1.165, 1.54) is 19.3 Å². The van der Waals surface area contributed by atoms with Crippen LogP contribution in [-0.4, -0.2) is 28.5 Å². The van der Waals surface area contributed by atoms with Gasteiger partial charge in [0.1, 0.15) is 11.4 Å². The molecule has 0 unspecified atom stereocenters. The molecule has 1 fully saturated rings. The molecule has 5 rings (SSSR count). The quantitative estimate of drug-likeness (QED) is 0.682. The van der Waals surface area contributed by atoms with E-state index in [0.717, 1.165) is 53.6 Å². The van der Waals surface area contributed by atoms with Gasteiger partial charge in [-0.05, 0) is 55.3 Å². The summed E-state index contributed by atoms with van der Waals surface area (Å²) < 4.78 is 16.6. The lowest BCUT2D eigenvalue weighted by Gasteiger charge is -2.28. The summed E-state index contributed by atoms with van der Waals surface area (Å²) in [7, 11) is 0. The second kappa shape index (κ2) is 7.79. The maximum atomic E-state index is 9.81. The molecule has 3 aromatic rings. The molecule has 0 radical (unpaired) electrons. The summed E-state index contributed by atoms with van der Waals surface area (Å²) in [5.74, 6) is 2.54. The highest BCUT2D eigenvalue weighted by Gasteiger charge is 2.26. The topological polar surface area (TPSA) is 68.0 Å². The molecule has 1 saturated heterocycles. The van der Waals surface area contributed by atoms with Crippen LogP contribution in [0, 0.1) is 0 Å². The van der Waals surface area contributed by atoms with Crippen LogP contribution in [0.1, 0.15) is 43.0 Å². The predicted molar refractivity (Wildman–Crippen MR) is 108 cm³/mol. The van der Waals surface area contributed by atoms with Crippen molar-refractivity contribution >= 4 is 0 Å². The van der Waals surface area contributed by atoms with E-state index in [0.29, 0.717) is 5.75 Å². The molecule has 0 saturated carbocycles. The summed E-state index contributed by atoms with van der Waals surface area (Å²) in [5, 5.41) is 14.2. The summed E-state index contributed by atoms with van der Waals surface area (Å²) >= 11 is 0. The number of nitrogens with zero attached hydrogens (tertiary/aromatic N) is 2. The van der Waals surface area contributed by atoms with E-state index in [-0.39, 0.29) is 12.8 Å². The molecule has 0 spiro atoms. The second-order valence-corrected chi connectivity index (χ2v) is 7.69. The Labute approximate surface area is 169 Å². The minimum Gasteiger partial charge on any atom is -0.508 e. The van der Waals surface area contributed by atoms with E-state index in [9.17, 15) is 5.11 Å². The lowest BCUT2D eigenvalue weighted by molar-refractivity contribution is 0.174. The molecule has 2 aromatic carbocycles. The molecule has 1 N–H and O–H groups in total. The van der Waals surface area contributed by atoms with Crippen LogP contribution in [0.15, 0.2) is 53.1 Å². The number of likely N-dealkylation sites (tertiary alicyclic amines) is 1. The number of rotatable bonds is 4. The van der Waals surface area contributed by atoms with E-state index >= 15 is 0 Å². The zero-order valence-corrected chi connectivity index (χ0v) is 16.2. The minimum absolute atomic E-state index is 0.200. The predicted octanol–water partition coefficient (Wildman–Crippen LogP) is 4.89. The van der Waals surface area contributed by atoms with Gasteiger partial charge in [0.05, 0.1) is 6.04 Å². The molecule has 6 heteroatoms. The average Bonchev–Trinajstić information content (AvgIpc) is 3.34. The van der Waals surface area contributed by atoms with Crippen molar-refractivity contribution in [3.05, 3.63) is 59.8 Å². The number of phenols is 1. The SMILES string of the molecule is Oc1cccc(CN2CCCCC[C@@H]2c2cc(-c3ccc4c(c3)OCO4)on2)c1. The molecule has 150 valence electrons. The van der Waals surface area contributed by atoms with Crippen LogP contribution in [0.25, 0.3) is 11.3 Å². The van der Waals surface area contributed by atoms with E-state index in [1.807, 2.05) is 36.4 Å². The molecule has 1 aromatic heterocycles. The summed E-state index contributed by atoms with van der Waals surface area (Å²) in [5.41, 5.74) is 3.00. The highest BCUT2D eigenvalue weighted by atomic mass is 16.7. The van der Waals surface area contributed by atoms with Gasteiger partial charge < -0.3 is 19.1 Å². The lowest BCUT2D eigenvalue weighted by atomic mass is 10.0. The van der Waals surface area contributed by atoms with Gasteiger partial charge in [0.25, 0.3) is 0 Å². The Hall–Kier alpha value is -2.99. The van der Waals surface area contributed by atoms with Crippen LogP contribution < -0.4 is 9.47 Å². The first kappa shape index (κ1) is 18.1. The molecule has 1 atom stereocenters. The summed E-state index contributed by atoms with van der Waals surface area (Å²) in [6.45, 7) is 2.05. The number of aromatic hydroxyl groups is 1. The smallest absolute Gasteiger partial charge is 0.231 e. The summed E-state index contributed by atoms with van der Waals surface area (Å²) in [4.78, 5) is 2.45. The average molecular weight is 392 g/mol. The number of hydrogen-bond acceptors (Lipinski definition) is 6. The molecule has 3 heterocycles. The number of aromatic nitrogens is 1. The van der Waals surface area contributed by atoms with Gasteiger partial charge in [-0.1, -0.05) is 30.1 Å². The highest BCUT2D eigenvalue weighted by molar-refractivity contribution is 5.63. The van der Waals surface area contributed by atoms with Crippen LogP contribution in [-0.2, 0) is 6.54 Å². The maximum absolute atomic E-state index is 9.81. The molecular weight excluding hydrogens is 368 g/mol. The molecule has 0 bridgehead atoms. The number of benzene rings is 2. The fraction of sp³-hybridized carbons (Fsp3) is 0.348. The van der Waals surface area contributed by atoms with Gasteiger partial charge in [0, 0.05) is 18.2 Å². The maximum Gasteiger partial charge on any atom is 0.231 e. The van der Waals surface area contributed by atoms with Crippen molar-refractivity contribution in [3.8, 4) is 28.6 Å². The fourth-order valence-electron chi connectivity index (χ4n) is 4.21. The summed E-state index contributed by atoms with van der Waals surface area (Å²) in [6.07, 6.45) is 4.61. The lowest BCUT2D eigenvalue weighted by Crippen LogP contribution is -2.28. The van der Waals surface area contributed by atoms with Crippen molar-refractivity contribution in [3.63, 3.8) is 0 Å². The van der Waals surface area contributed by atoms with Gasteiger partial charge in [-0.15, -0.1) is 0 Å². The Bertz CT molecular complexity index is 1000. The first-order valence-corrected chi connectivity index (χ1v) is 10.1. The monoisotopic (exact) mass is 392 g/mol. The molecular formula is C23H24N2O4. The third-order valence-corrected chi connectivity index (χ3v) is 5.69. The Balaban J connectivity index is 1.40. The van der Waals surface area contributed by atoms with Crippen molar-refractivity contribution in [1.82, 2.24) is 10.1 Å². The standard InChI is InChI=1S/C23H24N2O4/c26-18-6-4-5-16(11-18)14-25-10-3-1-2-7-20(25)19-13-22(29-24-19)17-8-9-21-23(12-17)28-15-27-21/h4-6,8-9,11-13,20,26H,1-3,7,10,14-15H2/t20-/m1/s1. The number of ether oxygens (including phenoxy) is 2. The van der Waals surface area contributed by atoms with Crippen LogP contribution in [0.2, 0.25) is 0 Å². The normalized spacial score (nSPS) is 19.2. The first-order valence-electron chi connectivity index (χ1n) is 10.1. The van der Waals surface area contributed by atoms with Gasteiger partial charge in [-0.3, -0.25) is 4.90 Å². The van der Waals surface area contributed by atoms with Gasteiger partial charge in [-0.25, -0.2) is 0 Å². The Morgan fingerprint density at radius 3 is 2.86 bits per heavy atom. The van der Waals surface area contributed by atoms with E-state index in [1.54, 1.807) is 6.07 Å². The van der Waals surface area contributed by atoms with Crippen molar-refractivity contribution in [1.29, 1.82) is 0 Å². The van der Waals surface area contributed by atoms with Crippen LogP contribution in [0.4, 0.5) is 0 Å². The van der Waals surface area contributed by atoms with E-state index in [2.05, 4.69) is 16.1 Å². The molecule has 29 heavy (non-hydrogen) atoms. The number of fused-ring (bicyclic) bond motifs is 1. The highest BCUT2D eigenvalue weighted by Crippen LogP contribution is 2.38. The first-order chi connectivity index (χ1) is 14.3. The minimum atomic E-state index is 0.200. The molecule has 2 aliphatic heterocycles. The van der Waals surface area contributed by atoms with Crippen LogP contribution in [0.5, 0.6) is 17.2 Å². The zero-order valence-electron chi connectivity index (χ0n) is 16.2. The van der Waals surface area contributed by atoms with Crippen molar-refractivity contribution in [2.24, 2.45) is 0 Å².